The van der Waals surface area contributed by atoms with Crippen molar-refractivity contribution in [1.82, 2.24) is 14.8 Å². The number of fused-ring (bicyclic) bond motifs is 1. The Morgan fingerprint density at radius 2 is 1.94 bits per heavy atom. The smallest absolute Gasteiger partial charge is 0.306 e. The quantitative estimate of drug-likeness (QED) is 0.382. The molecule has 3 rings (SSSR count). The summed E-state index contributed by atoms with van der Waals surface area (Å²) < 4.78 is 22.0. The van der Waals surface area contributed by atoms with Gasteiger partial charge in [0.15, 0.2) is 11.6 Å². The van der Waals surface area contributed by atoms with E-state index in [1.54, 1.807) is 10.9 Å². The third-order valence-corrected chi connectivity index (χ3v) is 5.70. The SMILES string of the molecule is CC[C@H](CC(=O)OC(C)(C)C)[C@@H](C)Nc1nc(Nc2ccc3cnn(C)c3c2)c(C(N)=O)cc1F. The highest BCUT2D eigenvalue weighted by Crippen LogP contribution is 2.27. The van der Waals surface area contributed by atoms with Crippen LogP contribution in [-0.4, -0.2) is 38.3 Å². The second kappa shape index (κ2) is 10.3. The summed E-state index contributed by atoms with van der Waals surface area (Å²) in [6, 6.07) is 6.30. The molecule has 0 spiro atoms. The number of hydrogen-bond donors (Lipinski definition) is 3. The second-order valence-corrected chi connectivity index (χ2v) is 9.64. The molecule has 10 heteroatoms. The molecule has 0 saturated carbocycles. The molecule has 9 nitrogen and oxygen atoms in total. The number of nitrogens with zero attached hydrogens (tertiary/aromatic N) is 3. The third kappa shape index (κ3) is 6.46. The van der Waals surface area contributed by atoms with Gasteiger partial charge in [0.25, 0.3) is 5.91 Å². The summed E-state index contributed by atoms with van der Waals surface area (Å²) in [7, 11) is 1.82. The molecule has 35 heavy (non-hydrogen) atoms. The van der Waals surface area contributed by atoms with Gasteiger partial charge < -0.3 is 21.1 Å². The zero-order chi connectivity index (χ0) is 25.9. The number of benzene rings is 1. The maximum atomic E-state index is 14.9. The summed E-state index contributed by atoms with van der Waals surface area (Å²) in [5, 5.41) is 11.3. The first-order valence-corrected chi connectivity index (χ1v) is 11.6. The van der Waals surface area contributed by atoms with Crippen LogP contribution in [0.25, 0.3) is 10.9 Å². The fourth-order valence-corrected chi connectivity index (χ4v) is 3.84. The Kier molecular flexibility index (Phi) is 7.62. The van der Waals surface area contributed by atoms with Crippen molar-refractivity contribution in [3.05, 3.63) is 41.8 Å². The van der Waals surface area contributed by atoms with Gasteiger partial charge in [0, 0.05) is 24.2 Å². The van der Waals surface area contributed by atoms with Crippen LogP contribution >= 0.6 is 0 Å². The molecule has 0 aliphatic carbocycles. The molecule has 0 saturated heterocycles. The van der Waals surface area contributed by atoms with E-state index in [4.69, 9.17) is 10.5 Å². The van der Waals surface area contributed by atoms with E-state index in [9.17, 15) is 14.0 Å². The maximum Gasteiger partial charge on any atom is 0.306 e. The minimum absolute atomic E-state index is 0.0470. The predicted molar refractivity (Wildman–Crippen MR) is 134 cm³/mol. The number of anilines is 3. The highest BCUT2D eigenvalue weighted by Gasteiger charge is 2.25. The summed E-state index contributed by atoms with van der Waals surface area (Å²) in [6.45, 7) is 9.24. The molecule has 1 aromatic carbocycles. The van der Waals surface area contributed by atoms with Gasteiger partial charge in [0.2, 0.25) is 0 Å². The van der Waals surface area contributed by atoms with Gasteiger partial charge in [-0.05, 0) is 57.9 Å². The Balaban J connectivity index is 1.85. The molecule has 0 bridgehead atoms. The Hall–Kier alpha value is -3.69. The van der Waals surface area contributed by atoms with Crippen molar-refractivity contribution in [2.45, 2.75) is 59.1 Å². The van der Waals surface area contributed by atoms with Crippen LogP contribution in [0.1, 0.15) is 57.8 Å². The number of primary amides is 1. The van der Waals surface area contributed by atoms with Crippen molar-refractivity contribution in [2.75, 3.05) is 10.6 Å². The fourth-order valence-electron chi connectivity index (χ4n) is 3.84. The monoisotopic (exact) mass is 484 g/mol. The van der Waals surface area contributed by atoms with Crippen molar-refractivity contribution in [3.63, 3.8) is 0 Å². The summed E-state index contributed by atoms with van der Waals surface area (Å²) in [6.07, 6.45) is 2.60. The van der Waals surface area contributed by atoms with Crippen molar-refractivity contribution in [1.29, 1.82) is 0 Å². The molecule has 1 amide bonds. The first-order valence-electron chi connectivity index (χ1n) is 11.6. The molecule has 0 unspecified atom stereocenters. The average molecular weight is 485 g/mol. The highest BCUT2D eigenvalue weighted by atomic mass is 19.1. The largest absolute Gasteiger partial charge is 0.460 e. The maximum absolute atomic E-state index is 14.9. The zero-order valence-corrected chi connectivity index (χ0v) is 21.0. The number of aromatic nitrogens is 3. The van der Waals surface area contributed by atoms with E-state index in [-0.39, 0.29) is 41.5 Å². The Bertz CT molecular complexity index is 1230. The number of nitrogens with one attached hydrogen (secondary N) is 2. The van der Waals surface area contributed by atoms with Crippen molar-refractivity contribution in [3.8, 4) is 0 Å². The fraction of sp³-hybridized carbons (Fsp3) is 0.440. The second-order valence-electron chi connectivity index (χ2n) is 9.64. The Labute approximate surface area is 204 Å². The first-order chi connectivity index (χ1) is 16.4. The van der Waals surface area contributed by atoms with Crippen LogP contribution in [0.3, 0.4) is 0 Å². The lowest BCUT2D eigenvalue weighted by Crippen LogP contribution is -2.31. The third-order valence-electron chi connectivity index (χ3n) is 5.70. The lowest BCUT2D eigenvalue weighted by Gasteiger charge is -2.26. The van der Waals surface area contributed by atoms with Crippen LogP contribution in [0.5, 0.6) is 0 Å². The number of carbonyl (C=O) groups is 2. The van der Waals surface area contributed by atoms with Gasteiger partial charge >= 0.3 is 5.97 Å². The first kappa shape index (κ1) is 25.9. The average Bonchev–Trinajstić information content (AvgIpc) is 3.12. The van der Waals surface area contributed by atoms with E-state index in [0.29, 0.717) is 12.1 Å². The number of pyridine rings is 1. The zero-order valence-electron chi connectivity index (χ0n) is 21.0. The molecule has 2 heterocycles. The Morgan fingerprint density at radius 1 is 1.23 bits per heavy atom. The van der Waals surface area contributed by atoms with Crippen molar-refractivity contribution < 1.29 is 18.7 Å². The molecule has 2 aromatic heterocycles. The van der Waals surface area contributed by atoms with Crippen LogP contribution in [0.2, 0.25) is 0 Å². The molecule has 0 radical (unpaired) electrons. The minimum atomic E-state index is -0.809. The van der Waals surface area contributed by atoms with Crippen LogP contribution < -0.4 is 16.4 Å². The van der Waals surface area contributed by atoms with E-state index in [1.165, 1.54) is 0 Å². The van der Waals surface area contributed by atoms with E-state index in [1.807, 2.05) is 59.9 Å². The summed E-state index contributed by atoms with van der Waals surface area (Å²) >= 11 is 0. The number of carbonyl (C=O) groups excluding carboxylic acids is 2. The molecule has 0 aliphatic heterocycles. The van der Waals surface area contributed by atoms with Gasteiger partial charge in [-0.3, -0.25) is 14.3 Å². The van der Waals surface area contributed by atoms with Gasteiger partial charge in [0.1, 0.15) is 11.4 Å². The molecular formula is C25H33FN6O3. The van der Waals surface area contributed by atoms with Gasteiger partial charge in [-0.15, -0.1) is 0 Å². The molecule has 188 valence electrons. The number of aryl methyl sites for hydroxylation is 1. The normalized spacial score (nSPS) is 13.3. The number of esters is 1. The lowest BCUT2D eigenvalue weighted by molar-refractivity contribution is -0.156. The molecule has 2 atom stereocenters. The highest BCUT2D eigenvalue weighted by molar-refractivity contribution is 5.99. The van der Waals surface area contributed by atoms with E-state index < -0.39 is 17.3 Å². The van der Waals surface area contributed by atoms with E-state index in [2.05, 4.69) is 20.7 Å². The number of nitrogens with two attached hydrogens (primary N) is 1. The van der Waals surface area contributed by atoms with E-state index >= 15 is 0 Å². The lowest BCUT2D eigenvalue weighted by atomic mass is 9.94. The van der Waals surface area contributed by atoms with Crippen molar-refractivity contribution in [2.24, 2.45) is 18.7 Å². The van der Waals surface area contributed by atoms with Gasteiger partial charge in [-0.2, -0.15) is 5.10 Å². The van der Waals surface area contributed by atoms with Crippen LogP contribution in [0.15, 0.2) is 30.5 Å². The minimum Gasteiger partial charge on any atom is -0.460 e. The van der Waals surface area contributed by atoms with Crippen LogP contribution in [0, 0.1) is 11.7 Å². The van der Waals surface area contributed by atoms with Gasteiger partial charge in [-0.25, -0.2) is 9.37 Å². The summed E-state index contributed by atoms with van der Waals surface area (Å²) in [5.41, 5.74) is 6.34. The topological polar surface area (TPSA) is 124 Å². The number of rotatable bonds is 9. The molecule has 0 fully saturated rings. The predicted octanol–water partition coefficient (Wildman–Crippen LogP) is 4.51. The van der Waals surface area contributed by atoms with Crippen molar-refractivity contribution >= 4 is 40.1 Å². The number of ether oxygens (including phenoxy) is 1. The summed E-state index contributed by atoms with van der Waals surface area (Å²) in [5.74, 6) is -1.89. The molecule has 3 aromatic rings. The standard InChI is InChI=1S/C25H33FN6O3/c1-7-15(10-21(33)35-25(3,4)5)14(2)29-24-19(26)12-18(22(27)34)23(31-24)30-17-9-8-16-13-28-32(6)20(16)11-17/h8-9,11-15H,7,10H2,1-6H3,(H2,27,34)(H2,29,30,31)/t14-,15-/m1/s1. The Morgan fingerprint density at radius 3 is 2.57 bits per heavy atom. The number of amides is 1. The molecular weight excluding hydrogens is 451 g/mol. The number of hydrogen-bond acceptors (Lipinski definition) is 7. The van der Waals surface area contributed by atoms with Gasteiger partial charge in [0.05, 0.1) is 23.7 Å². The number of halogens is 1. The molecule has 4 N–H and O–H groups in total. The van der Waals surface area contributed by atoms with Crippen LogP contribution in [-0.2, 0) is 16.6 Å². The molecule has 0 aliphatic rings. The van der Waals surface area contributed by atoms with E-state index in [0.717, 1.165) is 17.0 Å². The van der Waals surface area contributed by atoms with Gasteiger partial charge in [-0.1, -0.05) is 13.3 Å². The summed E-state index contributed by atoms with van der Waals surface area (Å²) in [4.78, 5) is 28.7. The van der Waals surface area contributed by atoms with Crippen LogP contribution in [0.4, 0.5) is 21.7 Å².